The fraction of sp³-hybridized carbons (Fsp3) is 0. The Morgan fingerprint density at radius 2 is 1.62 bits per heavy atom. The van der Waals surface area contributed by atoms with Crippen LogP contribution in [0.25, 0.3) is 0 Å². The Morgan fingerprint density at radius 3 is 2.24 bits per heavy atom. The van der Waals surface area contributed by atoms with Gasteiger partial charge in [0.05, 0.1) is 11.3 Å². The van der Waals surface area contributed by atoms with Gasteiger partial charge >= 0.3 is 12.0 Å². The van der Waals surface area contributed by atoms with Crippen molar-refractivity contribution in [2.75, 3.05) is 10.6 Å². The minimum absolute atomic E-state index is 0.00957. The van der Waals surface area contributed by atoms with E-state index in [1.54, 1.807) is 36.4 Å². The molecule has 0 fully saturated rings. The van der Waals surface area contributed by atoms with Gasteiger partial charge in [-0.05, 0) is 52.3 Å². The van der Waals surface area contributed by atoms with E-state index in [9.17, 15) is 9.59 Å². The lowest BCUT2D eigenvalue weighted by Crippen LogP contribution is -2.21. The number of amides is 2. The Balaban J connectivity index is 2.16. The molecule has 0 spiro atoms. The van der Waals surface area contributed by atoms with Gasteiger partial charge in [0, 0.05) is 14.6 Å². The minimum Gasteiger partial charge on any atom is -0.478 e. The van der Waals surface area contributed by atoms with Crippen molar-refractivity contribution in [3.63, 3.8) is 0 Å². The van der Waals surface area contributed by atoms with Crippen LogP contribution in [0.15, 0.2) is 51.4 Å². The molecule has 0 atom stereocenters. The second-order valence-electron chi connectivity index (χ2n) is 4.05. The number of carbonyl (C=O) groups is 2. The summed E-state index contributed by atoms with van der Waals surface area (Å²) in [6, 6.07) is 11.2. The van der Waals surface area contributed by atoms with Crippen LogP contribution in [0.1, 0.15) is 10.4 Å². The maximum absolute atomic E-state index is 11.9. The van der Waals surface area contributed by atoms with Crippen molar-refractivity contribution >= 4 is 55.2 Å². The number of aromatic carboxylic acids is 1. The number of nitrogens with one attached hydrogen (secondary N) is 2. The fourth-order valence-electron chi connectivity index (χ4n) is 1.64. The van der Waals surface area contributed by atoms with Gasteiger partial charge in [-0.25, -0.2) is 9.59 Å². The standard InChI is InChI=1S/C14H10Br2N2O3/c15-8-4-6-9(7-5-8)17-14(21)18-12-10(13(19)20)2-1-3-11(12)16/h1-7H,(H,19,20)(H2,17,18,21). The summed E-state index contributed by atoms with van der Waals surface area (Å²) in [5.41, 5.74) is 0.814. The van der Waals surface area contributed by atoms with Gasteiger partial charge in [0.25, 0.3) is 0 Å². The molecule has 2 rings (SSSR count). The summed E-state index contributed by atoms with van der Waals surface area (Å²) in [6.45, 7) is 0. The Hall–Kier alpha value is -1.86. The predicted molar refractivity (Wildman–Crippen MR) is 87.9 cm³/mol. The predicted octanol–water partition coefficient (Wildman–Crippen LogP) is 4.55. The summed E-state index contributed by atoms with van der Waals surface area (Å²) in [4.78, 5) is 23.1. The zero-order valence-electron chi connectivity index (χ0n) is 10.6. The molecule has 0 aromatic heterocycles. The lowest BCUT2D eigenvalue weighted by atomic mass is 10.2. The number of halogens is 2. The van der Waals surface area contributed by atoms with E-state index in [4.69, 9.17) is 5.11 Å². The highest BCUT2D eigenvalue weighted by Crippen LogP contribution is 2.26. The third-order valence-electron chi connectivity index (χ3n) is 2.58. The van der Waals surface area contributed by atoms with Crippen molar-refractivity contribution in [2.24, 2.45) is 0 Å². The van der Waals surface area contributed by atoms with Gasteiger partial charge in [0.1, 0.15) is 0 Å². The average Bonchev–Trinajstić information content (AvgIpc) is 2.43. The summed E-state index contributed by atoms with van der Waals surface area (Å²) in [5.74, 6) is -1.12. The van der Waals surface area contributed by atoms with E-state index in [1.807, 2.05) is 0 Å². The molecule has 2 amide bonds. The van der Waals surface area contributed by atoms with Crippen molar-refractivity contribution in [3.8, 4) is 0 Å². The Bertz CT molecular complexity index is 687. The third kappa shape index (κ3) is 4.05. The first kappa shape index (κ1) is 15.5. The highest BCUT2D eigenvalue weighted by Gasteiger charge is 2.15. The van der Waals surface area contributed by atoms with Gasteiger partial charge in [-0.3, -0.25) is 0 Å². The summed E-state index contributed by atoms with van der Waals surface area (Å²) in [7, 11) is 0. The first-order valence-corrected chi connectivity index (χ1v) is 7.41. The van der Waals surface area contributed by atoms with E-state index in [0.717, 1.165) is 4.47 Å². The van der Waals surface area contributed by atoms with Crippen LogP contribution >= 0.6 is 31.9 Å². The zero-order chi connectivity index (χ0) is 15.4. The number of hydrogen-bond donors (Lipinski definition) is 3. The maximum atomic E-state index is 11.9. The SMILES string of the molecule is O=C(Nc1ccc(Br)cc1)Nc1c(Br)cccc1C(=O)O. The Kier molecular flexibility index (Phi) is 4.98. The molecule has 0 saturated heterocycles. The number of carboxylic acid groups (broad SMARTS) is 1. The quantitative estimate of drug-likeness (QED) is 0.690. The summed E-state index contributed by atoms with van der Waals surface area (Å²) in [5, 5.41) is 14.3. The topological polar surface area (TPSA) is 78.4 Å². The van der Waals surface area contributed by atoms with Crippen LogP contribution in [0, 0.1) is 0 Å². The molecular weight excluding hydrogens is 404 g/mol. The second kappa shape index (κ2) is 6.73. The maximum Gasteiger partial charge on any atom is 0.337 e. The lowest BCUT2D eigenvalue weighted by Gasteiger charge is -2.11. The van der Waals surface area contributed by atoms with Crippen molar-refractivity contribution in [1.82, 2.24) is 0 Å². The van der Waals surface area contributed by atoms with Crippen LogP contribution in [0.4, 0.5) is 16.2 Å². The Labute approximate surface area is 137 Å². The van der Waals surface area contributed by atoms with Gasteiger partial charge in [0.2, 0.25) is 0 Å². The van der Waals surface area contributed by atoms with E-state index in [0.29, 0.717) is 10.2 Å². The fourth-order valence-corrected chi connectivity index (χ4v) is 2.37. The molecule has 108 valence electrons. The normalized spacial score (nSPS) is 10.0. The molecule has 0 heterocycles. The van der Waals surface area contributed by atoms with E-state index in [2.05, 4.69) is 42.5 Å². The molecule has 7 heteroatoms. The summed E-state index contributed by atoms with van der Waals surface area (Å²) in [6.07, 6.45) is 0. The summed E-state index contributed by atoms with van der Waals surface area (Å²) >= 11 is 6.53. The number of carbonyl (C=O) groups excluding carboxylic acids is 1. The van der Waals surface area contributed by atoms with E-state index in [-0.39, 0.29) is 11.3 Å². The van der Waals surface area contributed by atoms with Gasteiger partial charge in [0.15, 0.2) is 0 Å². The van der Waals surface area contributed by atoms with Gasteiger partial charge in [-0.1, -0.05) is 22.0 Å². The summed E-state index contributed by atoms with van der Waals surface area (Å²) < 4.78 is 1.39. The molecule has 21 heavy (non-hydrogen) atoms. The first-order chi connectivity index (χ1) is 9.97. The molecule has 3 N–H and O–H groups in total. The van der Waals surface area contributed by atoms with E-state index >= 15 is 0 Å². The van der Waals surface area contributed by atoms with E-state index in [1.165, 1.54) is 6.07 Å². The van der Waals surface area contributed by atoms with Crippen LogP contribution in [0.5, 0.6) is 0 Å². The average molecular weight is 414 g/mol. The molecule has 0 radical (unpaired) electrons. The second-order valence-corrected chi connectivity index (χ2v) is 5.82. The number of benzene rings is 2. The number of hydrogen-bond acceptors (Lipinski definition) is 2. The van der Waals surface area contributed by atoms with Crippen LogP contribution in [0.3, 0.4) is 0 Å². The number of anilines is 2. The molecule has 0 bridgehead atoms. The van der Waals surface area contributed by atoms with Crippen molar-refractivity contribution in [1.29, 1.82) is 0 Å². The third-order valence-corrected chi connectivity index (χ3v) is 3.77. The molecule has 5 nitrogen and oxygen atoms in total. The molecule has 2 aromatic rings. The molecule has 0 saturated carbocycles. The monoisotopic (exact) mass is 412 g/mol. The molecular formula is C14H10Br2N2O3. The van der Waals surface area contributed by atoms with E-state index < -0.39 is 12.0 Å². The Morgan fingerprint density at radius 1 is 0.952 bits per heavy atom. The minimum atomic E-state index is -1.12. The number of carboxylic acids is 1. The van der Waals surface area contributed by atoms with Gasteiger partial charge in [-0.2, -0.15) is 0 Å². The first-order valence-electron chi connectivity index (χ1n) is 5.83. The number of para-hydroxylation sites is 1. The molecule has 0 unspecified atom stereocenters. The smallest absolute Gasteiger partial charge is 0.337 e. The zero-order valence-corrected chi connectivity index (χ0v) is 13.7. The molecule has 0 aliphatic heterocycles. The van der Waals surface area contributed by atoms with Crippen LogP contribution < -0.4 is 10.6 Å². The number of rotatable bonds is 3. The van der Waals surface area contributed by atoms with Gasteiger partial charge in [-0.15, -0.1) is 0 Å². The lowest BCUT2D eigenvalue weighted by molar-refractivity contribution is 0.0698. The molecule has 2 aromatic carbocycles. The highest BCUT2D eigenvalue weighted by molar-refractivity contribution is 9.10. The largest absolute Gasteiger partial charge is 0.478 e. The van der Waals surface area contributed by atoms with Gasteiger partial charge < -0.3 is 15.7 Å². The molecule has 0 aliphatic carbocycles. The van der Waals surface area contributed by atoms with Crippen molar-refractivity contribution in [2.45, 2.75) is 0 Å². The van der Waals surface area contributed by atoms with Crippen LogP contribution in [-0.4, -0.2) is 17.1 Å². The van der Waals surface area contributed by atoms with Crippen LogP contribution in [-0.2, 0) is 0 Å². The highest BCUT2D eigenvalue weighted by atomic mass is 79.9. The number of urea groups is 1. The van der Waals surface area contributed by atoms with Crippen molar-refractivity contribution in [3.05, 3.63) is 57.0 Å². The van der Waals surface area contributed by atoms with Crippen molar-refractivity contribution < 1.29 is 14.7 Å². The molecule has 0 aliphatic rings. The van der Waals surface area contributed by atoms with Crippen LogP contribution in [0.2, 0.25) is 0 Å².